The number of benzene rings is 1. The molecule has 0 unspecified atom stereocenters. The molecule has 98 valence electrons. The van der Waals surface area contributed by atoms with Crippen molar-refractivity contribution in [1.29, 1.82) is 0 Å². The monoisotopic (exact) mass is 253 g/mol. The first-order valence-corrected chi connectivity index (χ1v) is 7.31. The number of hydrogen-bond donors (Lipinski definition) is 0. The van der Waals surface area contributed by atoms with Crippen LogP contribution in [0.2, 0.25) is 0 Å². The van der Waals surface area contributed by atoms with Gasteiger partial charge in [0.2, 0.25) is 0 Å². The summed E-state index contributed by atoms with van der Waals surface area (Å²) >= 11 is 0. The molecule has 19 heavy (non-hydrogen) atoms. The van der Waals surface area contributed by atoms with Crippen LogP contribution in [0.5, 0.6) is 0 Å². The minimum Gasteiger partial charge on any atom is -0.372 e. The molecule has 2 aliphatic rings. The maximum Gasteiger partial charge on any atom is 0.109 e. The van der Waals surface area contributed by atoms with Crippen molar-refractivity contribution in [3.8, 4) is 11.3 Å². The Bertz CT molecular complexity index is 594. The lowest BCUT2D eigenvalue weighted by atomic mass is 10.1. The minimum atomic E-state index is 1.12. The topological polar surface area (TPSA) is 21.1 Å². The molecule has 3 nitrogen and oxygen atoms in total. The summed E-state index contributed by atoms with van der Waals surface area (Å²) in [6.07, 6.45) is 7.06. The van der Waals surface area contributed by atoms with Crippen molar-refractivity contribution in [3.05, 3.63) is 36.3 Å². The number of aryl methyl sites for hydroxylation is 1. The first kappa shape index (κ1) is 11.1. The highest BCUT2D eigenvalue weighted by atomic mass is 15.1. The summed E-state index contributed by atoms with van der Waals surface area (Å²) < 4.78 is 2.38. The zero-order valence-corrected chi connectivity index (χ0v) is 11.2. The lowest BCUT2D eigenvalue weighted by molar-refractivity contribution is 0.756. The lowest BCUT2D eigenvalue weighted by Gasteiger charge is -2.18. The van der Waals surface area contributed by atoms with Crippen LogP contribution in [-0.4, -0.2) is 22.6 Å². The van der Waals surface area contributed by atoms with Crippen molar-refractivity contribution in [2.75, 3.05) is 18.0 Å². The van der Waals surface area contributed by atoms with Crippen LogP contribution >= 0.6 is 0 Å². The Labute approximate surface area is 113 Å². The number of hydrogen-bond acceptors (Lipinski definition) is 2. The Balaban J connectivity index is 1.72. The molecule has 0 amide bonds. The Kier molecular flexibility index (Phi) is 2.57. The summed E-state index contributed by atoms with van der Waals surface area (Å²) in [5.74, 6) is 1.25. The van der Waals surface area contributed by atoms with Crippen LogP contribution in [0.4, 0.5) is 5.69 Å². The first-order chi connectivity index (χ1) is 9.42. The van der Waals surface area contributed by atoms with E-state index in [4.69, 9.17) is 0 Å². The maximum atomic E-state index is 4.55. The van der Waals surface area contributed by atoms with E-state index in [1.54, 1.807) is 0 Å². The third-order valence-electron chi connectivity index (χ3n) is 4.33. The molecule has 1 aromatic heterocycles. The fourth-order valence-corrected chi connectivity index (χ4v) is 3.33. The largest absolute Gasteiger partial charge is 0.372 e. The summed E-state index contributed by atoms with van der Waals surface area (Å²) in [6, 6.07) is 8.95. The van der Waals surface area contributed by atoms with Crippen LogP contribution in [0.1, 0.15) is 25.1 Å². The number of rotatable bonds is 2. The van der Waals surface area contributed by atoms with E-state index >= 15 is 0 Å². The van der Waals surface area contributed by atoms with E-state index in [0.717, 1.165) is 13.0 Å². The van der Waals surface area contributed by atoms with Gasteiger partial charge in [0.1, 0.15) is 5.82 Å². The summed E-state index contributed by atoms with van der Waals surface area (Å²) in [6.45, 7) is 3.53. The average Bonchev–Trinajstić information content (AvgIpc) is 3.16. The van der Waals surface area contributed by atoms with Gasteiger partial charge in [-0.05, 0) is 31.4 Å². The highest BCUT2D eigenvalue weighted by molar-refractivity contribution is 5.66. The van der Waals surface area contributed by atoms with Gasteiger partial charge < -0.3 is 9.47 Å². The molecule has 1 fully saturated rings. The van der Waals surface area contributed by atoms with Crippen molar-refractivity contribution >= 4 is 5.69 Å². The third-order valence-corrected chi connectivity index (χ3v) is 4.33. The molecule has 2 aromatic rings. The Hall–Kier alpha value is -1.77. The van der Waals surface area contributed by atoms with E-state index in [9.17, 15) is 0 Å². The van der Waals surface area contributed by atoms with Gasteiger partial charge in [0, 0.05) is 37.3 Å². The molecular weight excluding hydrogens is 234 g/mol. The van der Waals surface area contributed by atoms with Gasteiger partial charge in [-0.3, -0.25) is 0 Å². The fourth-order valence-electron chi connectivity index (χ4n) is 3.33. The van der Waals surface area contributed by atoms with E-state index in [1.807, 2.05) is 6.20 Å². The summed E-state index contributed by atoms with van der Waals surface area (Å²) in [4.78, 5) is 7.04. The predicted molar refractivity (Wildman–Crippen MR) is 77.4 cm³/mol. The highest BCUT2D eigenvalue weighted by Gasteiger charge is 2.18. The van der Waals surface area contributed by atoms with Crippen molar-refractivity contribution in [1.82, 2.24) is 9.55 Å². The van der Waals surface area contributed by atoms with Crippen LogP contribution < -0.4 is 4.90 Å². The summed E-state index contributed by atoms with van der Waals surface area (Å²) in [5.41, 5.74) is 3.96. The molecule has 0 bridgehead atoms. The van der Waals surface area contributed by atoms with Crippen LogP contribution in [0.25, 0.3) is 11.3 Å². The standard InChI is InChI=1S/C16H19N3/c1-2-9-18(8-1)14-6-3-5-13(11-14)15-12-17-16-7-4-10-19(15)16/h3,5-6,11-12H,1-2,4,7-10H2. The molecular formula is C16H19N3. The minimum absolute atomic E-state index is 1.12. The molecule has 0 N–H and O–H groups in total. The maximum absolute atomic E-state index is 4.55. The van der Waals surface area contributed by atoms with Crippen LogP contribution in [0, 0.1) is 0 Å². The van der Waals surface area contributed by atoms with Crippen molar-refractivity contribution < 1.29 is 0 Å². The van der Waals surface area contributed by atoms with Gasteiger partial charge >= 0.3 is 0 Å². The van der Waals surface area contributed by atoms with E-state index in [2.05, 4.69) is 38.7 Å². The molecule has 4 rings (SSSR count). The van der Waals surface area contributed by atoms with Gasteiger partial charge in [0.05, 0.1) is 11.9 Å². The number of aromatic nitrogens is 2. The van der Waals surface area contributed by atoms with Gasteiger partial charge in [-0.2, -0.15) is 0 Å². The molecule has 2 aliphatic heterocycles. The molecule has 0 spiro atoms. The zero-order chi connectivity index (χ0) is 12.7. The number of imidazole rings is 1. The number of anilines is 1. The Morgan fingerprint density at radius 2 is 1.89 bits per heavy atom. The van der Waals surface area contributed by atoms with Gasteiger partial charge in [-0.1, -0.05) is 12.1 Å². The van der Waals surface area contributed by atoms with Crippen LogP contribution in [0.15, 0.2) is 30.5 Å². The van der Waals surface area contributed by atoms with Crippen molar-refractivity contribution in [2.45, 2.75) is 32.2 Å². The van der Waals surface area contributed by atoms with E-state index in [1.165, 1.54) is 55.1 Å². The summed E-state index contributed by atoms with van der Waals surface area (Å²) in [7, 11) is 0. The second kappa shape index (κ2) is 4.41. The molecule has 1 saturated heterocycles. The van der Waals surface area contributed by atoms with Gasteiger partial charge in [-0.15, -0.1) is 0 Å². The zero-order valence-electron chi connectivity index (χ0n) is 11.2. The lowest BCUT2D eigenvalue weighted by Crippen LogP contribution is -2.17. The highest BCUT2D eigenvalue weighted by Crippen LogP contribution is 2.29. The second-order valence-corrected chi connectivity index (χ2v) is 5.56. The Morgan fingerprint density at radius 3 is 2.79 bits per heavy atom. The van der Waals surface area contributed by atoms with Crippen molar-refractivity contribution in [3.63, 3.8) is 0 Å². The first-order valence-electron chi connectivity index (χ1n) is 7.31. The SMILES string of the molecule is c1cc(-c2cnc3n2CCC3)cc(N2CCCC2)c1. The Morgan fingerprint density at radius 1 is 1.00 bits per heavy atom. The molecule has 1 aromatic carbocycles. The smallest absolute Gasteiger partial charge is 0.109 e. The second-order valence-electron chi connectivity index (χ2n) is 5.56. The normalized spacial score (nSPS) is 18.0. The van der Waals surface area contributed by atoms with Gasteiger partial charge in [0.15, 0.2) is 0 Å². The van der Waals surface area contributed by atoms with E-state index < -0.39 is 0 Å². The van der Waals surface area contributed by atoms with E-state index in [-0.39, 0.29) is 0 Å². The molecule has 0 atom stereocenters. The fraction of sp³-hybridized carbons (Fsp3) is 0.438. The molecule has 3 heterocycles. The quantitative estimate of drug-likeness (QED) is 0.820. The van der Waals surface area contributed by atoms with Crippen LogP contribution in [0.3, 0.4) is 0 Å². The average molecular weight is 253 g/mol. The van der Waals surface area contributed by atoms with E-state index in [0.29, 0.717) is 0 Å². The molecule has 3 heteroatoms. The van der Waals surface area contributed by atoms with Gasteiger partial charge in [-0.25, -0.2) is 4.98 Å². The molecule has 0 aliphatic carbocycles. The molecule has 0 radical (unpaired) electrons. The number of nitrogens with zero attached hydrogens (tertiary/aromatic N) is 3. The van der Waals surface area contributed by atoms with Crippen molar-refractivity contribution in [2.24, 2.45) is 0 Å². The summed E-state index contributed by atoms with van der Waals surface area (Å²) in [5, 5.41) is 0. The van der Waals surface area contributed by atoms with Gasteiger partial charge in [0.25, 0.3) is 0 Å². The number of fused-ring (bicyclic) bond motifs is 1. The third kappa shape index (κ3) is 1.84. The predicted octanol–water partition coefficient (Wildman–Crippen LogP) is 3.10. The van der Waals surface area contributed by atoms with Crippen LogP contribution in [-0.2, 0) is 13.0 Å². The molecule has 0 saturated carbocycles.